The minimum Gasteiger partial charge on any atom is -0.373 e. The lowest BCUT2D eigenvalue weighted by atomic mass is 10.1. The predicted molar refractivity (Wildman–Crippen MR) is 103 cm³/mol. The van der Waals surface area contributed by atoms with Crippen molar-refractivity contribution in [3.05, 3.63) is 49.8 Å². The van der Waals surface area contributed by atoms with Crippen LogP contribution in [0.1, 0.15) is 0 Å². The number of rotatable bonds is 2. The summed E-state index contributed by atoms with van der Waals surface area (Å²) in [4.78, 5) is 16.8. The normalized spacial score (nSPS) is 23.3. The predicted octanol–water partition coefficient (Wildman–Crippen LogP) is 2.71. The van der Waals surface area contributed by atoms with E-state index in [-0.39, 0.29) is 16.1 Å². The van der Waals surface area contributed by atoms with Crippen LogP contribution in [0.25, 0.3) is 5.69 Å². The van der Waals surface area contributed by atoms with E-state index in [1.54, 1.807) is 12.1 Å². The molecule has 0 saturated carbocycles. The van der Waals surface area contributed by atoms with Gasteiger partial charge in [-0.15, -0.1) is 0 Å². The van der Waals surface area contributed by atoms with Crippen molar-refractivity contribution < 1.29 is 4.74 Å². The quantitative estimate of drug-likeness (QED) is 0.755. The fraction of sp³-hybridized carbons (Fsp3) is 0.412. The van der Waals surface area contributed by atoms with E-state index in [0.717, 1.165) is 31.9 Å². The Morgan fingerprint density at radius 1 is 1.19 bits per heavy atom. The molecule has 0 radical (unpaired) electrons. The van der Waals surface area contributed by atoms with Gasteiger partial charge in [-0.3, -0.25) is 9.69 Å². The van der Waals surface area contributed by atoms with Crippen molar-refractivity contribution in [2.75, 3.05) is 38.2 Å². The molecule has 2 saturated heterocycles. The van der Waals surface area contributed by atoms with E-state index in [4.69, 9.17) is 39.5 Å². The molecule has 2 fully saturated rings. The van der Waals surface area contributed by atoms with E-state index in [2.05, 4.69) is 21.9 Å². The van der Waals surface area contributed by atoms with Crippen molar-refractivity contribution in [1.29, 1.82) is 0 Å². The maximum Gasteiger partial charge on any atom is 0.291 e. The molecule has 0 spiro atoms. The van der Waals surface area contributed by atoms with E-state index >= 15 is 0 Å². The average molecular weight is 416 g/mol. The summed E-state index contributed by atoms with van der Waals surface area (Å²) in [5.74, 6) is 0. The number of likely N-dealkylation sites (N-methyl/N-ethyl adjacent to an activating group) is 1. The van der Waals surface area contributed by atoms with Gasteiger partial charge in [0.1, 0.15) is 5.02 Å². The molecule has 1 aromatic carbocycles. The zero-order chi connectivity index (χ0) is 18.4. The van der Waals surface area contributed by atoms with Crippen LogP contribution in [0.15, 0.2) is 29.2 Å². The maximum atomic E-state index is 12.3. The molecule has 6 nitrogen and oxygen atoms in total. The second-order valence-electron chi connectivity index (χ2n) is 6.52. The van der Waals surface area contributed by atoms with Gasteiger partial charge in [0.05, 0.1) is 46.4 Å². The van der Waals surface area contributed by atoms with Crippen molar-refractivity contribution in [2.24, 2.45) is 0 Å². The SMILES string of the molecule is CN1CCOC2CN(c3ccc(-n4ncc(Cl)c(Cl)c4=O)cc3Cl)CC21. The van der Waals surface area contributed by atoms with Crippen LogP contribution in [0, 0.1) is 0 Å². The number of benzene rings is 1. The number of halogens is 3. The van der Waals surface area contributed by atoms with Crippen LogP contribution in [0.3, 0.4) is 0 Å². The van der Waals surface area contributed by atoms with Crippen LogP contribution in [-0.2, 0) is 4.74 Å². The summed E-state index contributed by atoms with van der Waals surface area (Å²) >= 11 is 18.3. The highest BCUT2D eigenvalue weighted by Crippen LogP contribution is 2.33. The Labute approximate surface area is 165 Å². The molecule has 2 aromatic rings. The number of hydrogen-bond donors (Lipinski definition) is 0. The van der Waals surface area contributed by atoms with Crippen molar-refractivity contribution in [3.63, 3.8) is 0 Å². The first-order chi connectivity index (χ1) is 12.5. The van der Waals surface area contributed by atoms with Crippen LogP contribution >= 0.6 is 34.8 Å². The Morgan fingerprint density at radius 3 is 2.73 bits per heavy atom. The minimum absolute atomic E-state index is 0.0642. The first-order valence-corrected chi connectivity index (χ1v) is 9.39. The van der Waals surface area contributed by atoms with Gasteiger partial charge in [-0.1, -0.05) is 34.8 Å². The van der Waals surface area contributed by atoms with Crippen molar-refractivity contribution >= 4 is 40.5 Å². The molecule has 0 aliphatic carbocycles. The maximum absolute atomic E-state index is 12.3. The van der Waals surface area contributed by atoms with E-state index in [1.165, 1.54) is 10.9 Å². The van der Waals surface area contributed by atoms with Crippen LogP contribution in [-0.4, -0.2) is 60.1 Å². The van der Waals surface area contributed by atoms with Gasteiger partial charge >= 0.3 is 0 Å². The number of aromatic nitrogens is 2. The Kier molecular flexibility index (Phi) is 4.88. The number of hydrogen-bond acceptors (Lipinski definition) is 5. The Balaban J connectivity index is 1.63. The van der Waals surface area contributed by atoms with E-state index in [0.29, 0.717) is 16.8 Å². The second-order valence-corrected chi connectivity index (χ2v) is 7.71. The molecule has 9 heteroatoms. The lowest BCUT2D eigenvalue weighted by Gasteiger charge is -2.33. The van der Waals surface area contributed by atoms with Crippen molar-refractivity contribution in [1.82, 2.24) is 14.7 Å². The molecule has 3 heterocycles. The fourth-order valence-corrected chi connectivity index (χ4v) is 4.08. The number of ether oxygens (including phenoxy) is 1. The van der Waals surface area contributed by atoms with Crippen LogP contribution in [0.5, 0.6) is 0 Å². The number of morpholine rings is 1. The van der Waals surface area contributed by atoms with Gasteiger partial charge in [0.2, 0.25) is 0 Å². The highest BCUT2D eigenvalue weighted by atomic mass is 35.5. The number of fused-ring (bicyclic) bond motifs is 1. The first-order valence-electron chi connectivity index (χ1n) is 8.26. The Bertz CT molecular complexity index is 904. The number of nitrogens with zero attached hydrogens (tertiary/aromatic N) is 4. The summed E-state index contributed by atoms with van der Waals surface area (Å²) in [5.41, 5.74) is 0.965. The van der Waals surface area contributed by atoms with Gasteiger partial charge in [-0.05, 0) is 25.2 Å². The smallest absolute Gasteiger partial charge is 0.291 e. The summed E-state index contributed by atoms with van der Waals surface area (Å²) in [5, 5.41) is 4.64. The van der Waals surface area contributed by atoms with E-state index < -0.39 is 5.56 Å². The summed E-state index contributed by atoms with van der Waals surface area (Å²) in [6, 6.07) is 5.76. The topological polar surface area (TPSA) is 50.6 Å². The highest BCUT2D eigenvalue weighted by Gasteiger charge is 2.39. The molecule has 4 rings (SSSR count). The highest BCUT2D eigenvalue weighted by molar-refractivity contribution is 6.41. The molecule has 138 valence electrons. The molecule has 0 bridgehead atoms. The average Bonchev–Trinajstić information content (AvgIpc) is 3.05. The van der Waals surface area contributed by atoms with Crippen molar-refractivity contribution in [2.45, 2.75) is 12.1 Å². The van der Waals surface area contributed by atoms with Gasteiger partial charge < -0.3 is 9.64 Å². The lowest BCUT2D eigenvalue weighted by Crippen LogP contribution is -2.48. The summed E-state index contributed by atoms with van der Waals surface area (Å²) < 4.78 is 7.07. The number of anilines is 1. The standard InChI is InChI=1S/C17H17Cl3N4O2/c1-22-4-5-26-15-9-23(8-14(15)22)13-3-2-10(6-11(13)18)24-17(25)16(20)12(19)7-21-24/h2-3,6-7,14-15H,4-5,8-9H2,1H3. The summed E-state index contributed by atoms with van der Waals surface area (Å²) in [6.07, 6.45) is 1.52. The third-order valence-corrected chi connectivity index (χ3v) is 6.02. The van der Waals surface area contributed by atoms with E-state index in [1.807, 2.05) is 6.07 Å². The lowest BCUT2D eigenvalue weighted by molar-refractivity contribution is -0.0362. The molecular formula is C17H17Cl3N4O2. The van der Waals surface area contributed by atoms with Crippen LogP contribution in [0.4, 0.5) is 5.69 Å². The van der Waals surface area contributed by atoms with Gasteiger partial charge in [0.25, 0.3) is 5.56 Å². The molecule has 2 unspecified atom stereocenters. The monoisotopic (exact) mass is 414 g/mol. The Morgan fingerprint density at radius 2 is 2.00 bits per heavy atom. The molecule has 1 aromatic heterocycles. The largest absolute Gasteiger partial charge is 0.373 e. The summed E-state index contributed by atoms with van der Waals surface area (Å²) in [7, 11) is 2.12. The van der Waals surface area contributed by atoms with Gasteiger partial charge in [-0.25, -0.2) is 0 Å². The molecule has 0 N–H and O–H groups in total. The molecule has 26 heavy (non-hydrogen) atoms. The molecule has 2 aliphatic heterocycles. The zero-order valence-electron chi connectivity index (χ0n) is 14.0. The van der Waals surface area contributed by atoms with Crippen LogP contribution < -0.4 is 10.5 Å². The molecule has 2 atom stereocenters. The van der Waals surface area contributed by atoms with Gasteiger partial charge in [-0.2, -0.15) is 9.78 Å². The third-order valence-electron chi connectivity index (χ3n) is 4.97. The molecular weight excluding hydrogens is 399 g/mol. The minimum atomic E-state index is -0.481. The van der Waals surface area contributed by atoms with Gasteiger partial charge in [0, 0.05) is 19.6 Å². The molecule has 2 aliphatic rings. The second kappa shape index (κ2) is 7.02. The molecule has 0 amide bonds. The first kappa shape index (κ1) is 18.1. The van der Waals surface area contributed by atoms with E-state index in [9.17, 15) is 4.79 Å². The van der Waals surface area contributed by atoms with Crippen LogP contribution in [0.2, 0.25) is 15.1 Å². The Hall–Kier alpha value is -1.31. The summed E-state index contributed by atoms with van der Waals surface area (Å²) in [6.45, 7) is 3.34. The van der Waals surface area contributed by atoms with Gasteiger partial charge in [0.15, 0.2) is 0 Å². The third kappa shape index (κ3) is 3.10. The fourth-order valence-electron chi connectivity index (χ4n) is 3.53. The van der Waals surface area contributed by atoms with Crippen molar-refractivity contribution in [3.8, 4) is 5.69 Å². The zero-order valence-corrected chi connectivity index (χ0v) is 16.3.